The Labute approximate surface area is 123 Å². The number of hydrogen-bond acceptors (Lipinski definition) is 2. The fraction of sp³-hybridized carbons (Fsp3) is 0.706. The summed E-state index contributed by atoms with van der Waals surface area (Å²) < 4.78 is 6.23. The summed E-state index contributed by atoms with van der Waals surface area (Å²) in [7, 11) is -1.77. The van der Waals surface area contributed by atoms with Crippen molar-refractivity contribution in [1.29, 1.82) is 0 Å². The molecule has 0 aromatic heterocycles. The number of hydrogen-bond donors (Lipinski definition) is 0. The summed E-state index contributed by atoms with van der Waals surface area (Å²) in [4.78, 5) is 12.6. The van der Waals surface area contributed by atoms with E-state index in [0.29, 0.717) is 30.1 Å². The van der Waals surface area contributed by atoms with Crippen molar-refractivity contribution in [3.63, 3.8) is 0 Å². The number of ketones is 1. The third-order valence-electron chi connectivity index (χ3n) is 5.93. The lowest BCUT2D eigenvalue weighted by atomic mass is 9.85. The third-order valence-corrected chi connectivity index (χ3v) is 10.4. The first-order valence-corrected chi connectivity index (χ1v) is 10.7. The Morgan fingerprint density at radius 1 is 1.25 bits per heavy atom. The van der Waals surface area contributed by atoms with Crippen LogP contribution in [-0.2, 0) is 9.22 Å². The molecule has 110 valence electrons. The molecule has 0 saturated heterocycles. The van der Waals surface area contributed by atoms with Crippen molar-refractivity contribution in [2.75, 3.05) is 6.61 Å². The van der Waals surface area contributed by atoms with E-state index in [1.807, 2.05) is 0 Å². The van der Waals surface area contributed by atoms with Crippen LogP contribution in [0.2, 0.25) is 18.1 Å². The number of Topliss-reactive ketones (excluding diaryl/α,β-unsaturated/α-hetero) is 1. The quantitative estimate of drug-likeness (QED) is 0.581. The number of allylic oxidation sites excluding steroid dienone is 3. The fourth-order valence-electron chi connectivity index (χ4n) is 3.58. The maximum absolute atomic E-state index is 12.6. The van der Waals surface area contributed by atoms with E-state index in [-0.39, 0.29) is 11.0 Å². The number of rotatable bonds is 3. The highest BCUT2D eigenvalue weighted by molar-refractivity contribution is 6.74. The van der Waals surface area contributed by atoms with Gasteiger partial charge in [-0.15, -0.1) is 0 Å². The van der Waals surface area contributed by atoms with Gasteiger partial charge in [-0.2, -0.15) is 0 Å². The zero-order valence-corrected chi connectivity index (χ0v) is 14.3. The molecule has 0 unspecified atom stereocenters. The van der Waals surface area contributed by atoms with Gasteiger partial charge in [0, 0.05) is 11.5 Å². The zero-order valence-electron chi connectivity index (χ0n) is 13.3. The molecule has 0 heterocycles. The average molecular weight is 290 g/mol. The molecule has 0 spiro atoms. The Kier molecular flexibility index (Phi) is 3.15. The summed E-state index contributed by atoms with van der Waals surface area (Å²) in [6.45, 7) is 11.7. The molecule has 2 nitrogen and oxygen atoms in total. The number of fused-ring (bicyclic) bond motifs is 5. The Morgan fingerprint density at radius 2 is 1.90 bits per heavy atom. The molecule has 1 saturated carbocycles. The van der Waals surface area contributed by atoms with Crippen molar-refractivity contribution < 1.29 is 9.22 Å². The molecule has 3 heteroatoms. The minimum atomic E-state index is -1.77. The molecule has 2 bridgehead atoms. The average Bonchev–Trinajstić information content (AvgIpc) is 2.98. The van der Waals surface area contributed by atoms with Gasteiger partial charge in [0.1, 0.15) is 0 Å². The largest absolute Gasteiger partial charge is 0.412 e. The molecule has 0 radical (unpaired) electrons. The Bertz CT molecular complexity index is 496. The molecule has 0 aromatic rings. The SMILES string of the molecule is CC(C)(C)[Si](C)(C)OCC1=C[C@H]2[C@@H](C1=O)[C@H]1C=C[C@@H]2C1. The summed E-state index contributed by atoms with van der Waals surface area (Å²) >= 11 is 0. The van der Waals surface area contributed by atoms with E-state index in [1.165, 1.54) is 6.42 Å². The van der Waals surface area contributed by atoms with Crippen LogP contribution in [0.25, 0.3) is 0 Å². The summed E-state index contributed by atoms with van der Waals surface area (Å²) in [5, 5.41) is 0.200. The first-order valence-electron chi connectivity index (χ1n) is 7.78. The van der Waals surface area contributed by atoms with Crippen molar-refractivity contribution in [2.45, 2.75) is 45.3 Å². The van der Waals surface area contributed by atoms with Crippen molar-refractivity contribution in [1.82, 2.24) is 0 Å². The van der Waals surface area contributed by atoms with Crippen LogP contribution in [0.15, 0.2) is 23.8 Å². The van der Waals surface area contributed by atoms with Crippen LogP contribution in [0.3, 0.4) is 0 Å². The van der Waals surface area contributed by atoms with Gasteiger partial charge in [0.15, 0.2) is 14.1 Å². The van der Waals surface area contributed by atoms with E-state index in [1.54, 1.807) is 0 Å². The van der Waals surface area contributed by atoms with E-state index in [9.17, 15) is 4.79 Å². The smallest absolute Gasteiger partial charge is 0.192 e. The van der Waals surface area contributed by atoms with E-state index in [2.05, 4.69) is 52.1 Å². The van der Waals surface area contributed by atoms with E-state index in [0.717, 1.165) is 5.57 Å². The van der Waals surface area contributed by atoms with Crippen molar-refractivity contribution in [3.8, 4) is 0 Å². The summed E-state index contributed by atoms with van der Waals surface area (Å²) in [5.41, 5.74) is 0.947. The molecular weight excluding hydrogens is 264 g/mol. The molecule has 20 heavy (non-hydrogen) atoms. The van der Waals surface area contributed by atoms with Crippen LogP contribution in [-0.4, -0.2) is 20.7 Å². The van der Waals surface area contributed by atoms with Crippen LogP contribution >= 0.6 is 0 Å². The van der Waals surface area contributed by atoms with Crippen LogP contribution < -0.4 is 0 Å². The molecule has 0 aromatic carbocycles. The Balaban J connectivity index is 1.69. The summed E-state index contributed by atoms with van der Waals surface area (Å²) in [6.07, 6.45) is 7.99. The van der Waals surface area contributed by atoms with Gasteiger partial charge in [-0.25, -0.2) is 0 Å². The summed E-state index contributed by atoms with van der Waals surface area (Å²) in [5.74, 6) is 2.18. The second-order valence-corrected chi connectivity index (χ2v) is 13.0. The number of carbonyl (C=O) groups is 1. The van der Waals surface area contributed by atoms with Crippen LogP contribution in [0, 0.1) is 23.7 Å². The second kappa shape index (κ2) is 4.41. The second-order valence-electron chi connectivity index (χ2n) is 8.16. The molecule has 4 atom stereocenters. The van der Waals surface area contributed by atoms with Gasteiger partial charge in [0.05, 0.1) is 6.61 Å². The lowest BCUT2D eigenvalue weighted by Gasteiger charge is -2.36. The Hall–Kier alpha value is -0.673. The topological polar surface area (TPSA) is 26.3 Å². The molecule has 3 aliphatic carbocycles. The van der Waals surface area contributed by atoms with Crippen molar-refractivity contribution in [3.05, 3.63) is 23.8 Å². The van der Waals surface area contributed by atoms with Crippen molar-refractivity contribution >= 4 is 14.1 Å². The zero-order chi connectivity index (χ0) is 14.7. The molecule has 0 aliphatic heterocycles. The van der Waals surface area contributed by atoms with Gasteiger partial charge in [-0.1, -0.05) is 39.0 Å². The van der Waals surface area contributed by atoms with E-state index >= 15 is 0 Å². The Morgan fingerprint density at radius 3 is 2.50 bits per heavy atom. The minimum Gasteiger partial charge on any atom is -0.412 e. The highest BCUT2D eigenvalue weighted by atomic mass is 28.4. The first kappa shape index (κ1) is 14.3. The minimum absolute atomic E-state index is 0.200. The lowest BCUT2D eigenvalue weighted by Crippen LogP contribution is -2.41. The van der Waals surface area contributed by atoms with Gasteiger partial charge in [-0.05, 0) is 42.3 Å². The van der Waals surface area contributed by atoms with E-state index in [4.69, 9.17) is 4.43 Å². The molecule has 1 fully saturated rings. The molecule has 0 N–H and O–H groups in total. The van der Waals surface area contributed by atoms with Crippen LogP contribution in [0.5, 0.6) is 0 Å². The maximum atomic E-state index is 12.6. The highest BCUT2D eigenvalue weighted by Crippen LogP contribution is 2.53. The van der Waals surface area contributed by atoms with Gasteiger partial charge < -0.3 is 4.43 Å². The molecule has 3 aliphatic rings. The van der Waals surface area contributed by atoms with Gasteiger partial charge in [0.2, 0.25) is 0 Å². The maximum Gasteiger partial charge on any atom is 0.192 e. The van der Waals surface area contributed by atoms with Gasteiger partial charge in [-0.3, -0.25) is 4.79 Å². The summed E-state index contributed by atoms with van der Waals surface area (Å²) in [6, 6.07) is 0. The monoisotopic (exact) mass is 290 g/mol. The fourth-order valence-corrected chi connectivity index (χ4v) is 4.53. The molecule has 3 rings (SSSR count). The standard InChI is InChI=1S/C17H26O2Si/c1-17(2,3)20(4,5)19-10-13-9-14-11-6-7-12(8-11)15(14)16(13)18/h6-7,9,11-12,14-15H,8,10H2,1-5H3/t11-,12+,14-,15+/m1/s1. The van der Waals surface area contributed by atoms with Gasteiger partial charge >= 0.3 is 0 Å². The van der Waals surface area contributed by atoms with Crippen molar-refractivity contribution in [2.24, 2.45) is 23.7 Å². The lowest BCUT2D eigenvalue weighted by molar-refractivity contribution is -0.119. The molecule has 0 amide bonds. The van der Waals surface area contributed by atoms with E-state index < -0.39 is 8.32 Å². The van der Waals surface area contributed by atoms with Crippen LogP contribution in [0.4, 0.5) is 0 Å². The first-order chi connectivity index (χ1) is 9.21. The predicted molar refractivity (Wildman–Crippen MR) is 84.0 cm³/mol. The van der Waals surface area contributed by atoms with Crippen LogP contribution in [0.1, 0.15) is 27.2 Å². The third kappa shape index (κ3) is 2.06. The van der Waals surface area contributed by atoms with Gasteiger partial charge in [0.25, 0.3) is 0 Å². The molecular formula is C17H26O2Si. The normalized spacial score (nSPS) is 35.6. The highest BCUT2D eigenvalue weighted by Gasteiger charge is 2.51. The number of carbonyl (C=O) groups excluding carboxylic acids is 1. The predicted octanol–water partition coefficient (Wildman–Crippen LogP) is 3.96.